The molecule has 9 heteroatoms. The van der Waals surface area contributed by atoms with E-state index in [1.54, 1.807) is 34.8 Å². The summed E-state index contributed by atoms with van der Waals surface area (Å²) in [5.41, 5.74) is 2.88. The van der Waals surface area contributed by atoms with Gasteiger partial charge in [-0.3, -0.25) is 13.8 Å². The monoisotopic (exact) mass is 491 g/mol. The Morgan fingerprint density at radius 1 is 1.06 bits per heavy atom. The molecule has 7 nitrogen and oxygen atoms in total. The van der Waals surface area contributed by atoms with Crippen molar-refractivity contribution in [3.63, 3.8) is 0 Å². The van der Waals surface area contributed by atoms with Crippen molar-refractivity contribution in [1.82, 2.24) is 24.1 Å². The third-order valence-corrected chi connectivity index (χ3v) is 7.60. The number of unbranched alkanes of at least 4 members (excludes halogenated alkanes) is 2. The van der Waals surface area contributed by atoms with Crippen LogP contribution in [0.3, 0.4) is 0 Å². The van der Waals surface area contributed by atoms with Crippen LogP contribution in [0.25, 0.3) is 27.3 Å². The van der Waals surface area contributed by atoms with Crippen molar-refractivity contribution in [3.8, 4) is 16.3 Å². The van der Waals surface area contributed by atoms with Crippen LogP contribution < -0.4 is 10.3 Å². The lowest BCUT2D eigenvalue weighted by molar-refractivity contribution is 0.415. The van der Waals surface area contributed by atoms with E-state index < -0.39 is 0 Å². The third kappa shape index (κ3) is 4.33. The average Bonchev–Trinajstić information content (AvgIpc) is 3.52. The minimum absolute atomic E-state index is 0.00760. The summed E-state index contributed by atoms with van der Waals surface area (Å²) in [6.45, 7) is 2.80. The highest BCUT2D eigenvalue weighted by atomic mass is 32.2. The predicted octanol–water partition coefficient (Wildman–Crippen LogP) is 5.66. The van der Waals surface area contributed by atoms with Gasteiger partial charge in [0.05, 0.1) is 23.7 Å². The second-order valence-corrected chi connectivity index (χ2v) is 9.76. The predicted molar refractivity (Wildman–Crippen MR) is 138 cm³/mol. The van der Waals surface area contributed by atoms with Crippen LogP contribution in [0.15, 0.2) is 63.9 Å². The molecule has 174 valence electrons. The van der Waals surface area contributed by atoms with E-state index in [9.17, 15) is 4.79 Å². The number of methoxy groups -OCH3 is 1. The fourth-order valence-corrected chi connectivity index (χ4v) is 5.69. The molecule has 0 aliphatic carbocycles. The Labute approximate surface area is 205 Å². The van der Waals surface area contributed by atoms with Crippen LogP contribution in [0, 0.1) is 0 Å². The van der Waals surface area contributed by atoms with Gasteiger partial charge in [-0.2, -0.15) is 0 Å². The summed E-state index contributed by atoms with van der Waals surface area (Å²) in [7, 11) is 1.66. The fourth-order valence-electron chi connectivity index (χ4n) is 3.93. The van der Waals surface area contributed by atoms with Crippen LogP contribution in [0.4, 0.5) is 0 Å². The second-order valence-electron chi connectivity index (χ2n) is 7.96. The zero-order valence-corrected chi connectivity index (χ0v) is 20.7. The molecule has 34 heavy (non-hydrogen) atoms. The number of rotatable bonds is 9. The maximum absolute atomic E-state index is 13.2. The van der Waals surface area contributed by atoms with Gasteiger partial charge in [0.25, 0.3) is 5.56 Å². The van der Waals surface area contributed by atoms with Gasteiger partial charge >= 0.3 is 0 Å². The number of nitrogens with zero attached hydrogens (tertiary/aromatic N) is 5. The largest absolute Gasteiger partial charge is 0.497 e. The molecule has 0 atom stereocenters. The van der Waals surface area contributed by atoms with Crippen LogP contribution in [0.2, 0.25) is 0 Å². The van der Waals surface area contributed by atoms with Gasteiger partial charge in [0, 0.05) is 23.2 Å². The molecule has 0 N–H and O–H groups in total. The standard InChI is InChI=1S/C25H25N5O2S2/c1-3-4-7-14-29-23(31)20-8-5-6-9-21(20)30-24(29)27-28-25(30)34-16-18-15-33-22(26-18)17-10-12-19(32-2)13-11-17/h5-6,8-13,15H,3-4,7,14,16H2,1-2H3. The number of hydrogen-bond acceptors (Lipinski definition) is 7. The van der Waals surface area contributed by atoms with Crippen molar-refractivity contribution in [2.75, 3.05) is 7.11 Å². The molecule has 3 heterocycles. The third-order valence-electron chi connectivity index (χ3n) is 5.70. The molecule has 3 aromatic heterocycles. The van der Waals surface area contributed by atoms with Gasteiger partial charge < -0.3 is 4.74 Å². The SMILES string of the molecule is CCCCCn1c(=O)c2ccccc2n2c(SCc3csc(-c4ccc(OC)cc4)n3)nnc12. The smallest absolute Gasteiger partial charge is 0.262 e. The van der Waals surface area contributed by atoms with E-state index in [1.165, 1.54) is 0 Å². The van der Waals surface area contributed by atoms with E-state index in [0.29, 0.717) is 23.5 Å². The van der Waals surface area contributed by atoms with Gasteiger partial charge in [-0.15, -0.1) is 21.5 Å². The number of benzene rings is 2. The Morgan fingerprint density at radius 2 is 1.88 bits per heavy atom. The van der Waals surface area contributed by atoms with Crippen LogP contribution in [0.1, 0.15) is 31.9 Å². The normalized spacial score (nSPS) is 11.5. The summed E-state index contributed by atoms with van der Waals surface area (Å²) in [6.07, 6.45) is 3.10. The number of ether oxygens (including phenoxy) is 1. The van der Waals surface area contributed by atoms with Crippen molar-refractivity contribution in [1.29, 1.82) is 0 Å². The van der Waals surface area contributed by atoms with Crippen molar-refractivity contribution >= 4 is 39.8 Å². The average molecular weight is 492 g/mol. The Bertz CT molecular complexity index is 1490. The zero-order valence-electron chi connectivity index (χ0n) is 19.1. The minimum atomic E-state index is -0.00760. The quantitative estimate of drug-likeness (QED) is 0.196. The Morgan fingerprint density at radius 3 is 2.68 bits per heavy atom. The van der Waals surface area contributed by atoms with Crippen molar-refractivity contribution in [2.24, 2.45) is 0 Å². The highest BCUT2D eigenvalue weighted by Gasteiger charge is 2.17. The minimum Gasteiger partial charge on any atom is -0.497 e. The van der Waals surface area contributed by atoms with E-state index in [2.05, 4.69) is 22.5 Å². The van der Waals surface area contributed by atoms with Crippen LogP contribution in [0.5, 0.6) is 5.75 Å². The first kappa shape index (κ1) is 22.6. The van der Waals surface area contributed by atoms with Gasteiger partial charge in [0.2, 0.25) is 5.78 Å². The second kappa shape index (κ2) is 9.99. The molecule has 5 rings (SSSR count). The van der Waals surface area contributed by atoms with E-state index in [1.807, 2.05) is 52.9 Å². The summed E-state index contributed by atoms with van der Waals surface area (Å²) >= 11 is 3.20. The summed E-state index contributed by atoms with van der Waals surface area (Å²) in [4.78, 5) is 18.0. The van der Waals surface area contributed by atoms with Crippen molar-refractivity contribution < 1.29 is 4.74 Å². The molecule has 0 bridgehead atoms. The molecular formula is C25H25N5O2S2. The van der Waals surface area contributed by atoms with Gasteiger partial charge in [0.15, 0.2) is 5.16 Å². The van der Waals surface area contributed by atoms with Gasteiger partial charge in [-0.1, -0.05) is 43.7 Å². The molecule has 5 aromatic rings. The first-order chi connectivity index (χ1) is 16.7. The molecular weight excluding hydrogens is 466 g/mol. The molecule has 0 unspecified atom stereocenters. The summed E-state index contributed by atoms with van der Waals surface area (Å²) < 4.78 is 9.01. The molecule has 0 aliphatic heterocycles. The number of aromatic nitrogens is 5. The number of para-hydroxylation sites is 1. The van der Waals surface area contributed by atoms with Gasteiger partial charge in [0.1, 0.15) is 10.8 Å². The summed E-state index contributed by atoms with van der Waals surface area (Å²) in [5, 5.41) is 13.4. The van der Waals surface area contributed by atoms with Crippen LogP contribution >= 0.6 is 23.1 Å². The van der Waals surface area contributed by atoms with Crippen molar-refractivity contribution in [3.05, 3.63) is 70.0 Å². The maximum atomic E-state index is 13.2. The molecule has 0 saturated heterocycles. The maximum Gasteiger partial charge on any atom is 0.262 e. The molecule has 0 fully saturated rings. The van der Waals surface area contributed by atoms with E-state index >= 15 is 0 Å². The van der Waals surface area contributed by atoms with Crippen LogP contribution in [-0.4, -0.2) is 31.3 Å². The fraction of sp³-hybridized carbons (Fsp3) is 0.280. The summed E-state index contributed by atoms with van der Waals surface area (Å²) in [5.74, 6) is 2.09. The van der Waals surface area contributed by atoms with Gasteiger partial charge in [-0.25, -0.2) is 4.98 Å². The number of fused-ring (bicyclic) bond motifs is 3. The zero-order chi connectivity index (χ0) is 23.5. The molecule has 2 aromatic carbocycles. The van der Waals surface area contributed by atoms with E-state index in [-0.39, 0.29) is 5.56 Å². The van der Waals surface area contributed by atoms with E-state index in [0.717, 1.165) is 52.0 Å². The lowest BCUT2D eigenvalue weighted by Crippen LogP contribution is -2.23. The molecule has 0 aliphatic rings. The highest BCUT2D eigenvalue weighted by Crippen LogP contribution is 2.29. The van der Waals surface area contributed by atoms with Gasteiger partial charge in [-0.05, 0) is 42.8 Å². The highest BCUT2D eigenvalue weighted by molar-refractivity contribution is 7.98. The van der Waals surface area contributed by atoms with Crippen molar-refractivity contribution in [2.45, 2.75) is 43.6 Å². The number of thiazole rings is 1. The summed E-state index contributed by atoms with van der Waals surface area (Å²) in [6, 6.07) is 15.6. The topological polar surface area (TPSA) is 74.3 Å². The number of thioether (sulfide) groups is 1. The Hall–Kier alpha value is -3.17. The van der Waals surface area contributed by atoms with Crippen LogP contribution in [-0.2, 0) is 12.3 Å². The number of hydrogen-bond donors (Lipinski definition) is 0. The Kier molecular flexibility index (Phi) is 6.64. The molecule has 0 radical (unpaired) electrons. The number of aryl methyl sites for hydroxylation is 1. The molecule has 0 saturated carbocycles. The first-order valence-corrected chi connectivity index (χ1v) is 13.1. The van der Waals surface area contributed by atoms with E-state index in [4.69, 9.17) is 9.72 Å². The molecule has 0 spiro atoms. The molecule has 0 amide bonds. The lowest BCUT2D eigenvalue weighted by Gasteiger charge is -2.11. The Balaban J connectivity index is 1.44. The lowest BCUT2D eigenvalue weighted by atomic mass is 10.2. The first-order valence-electron chi connectivity index (χ1n) is 11.3.